The average Bonchev–Trinajstić information content (AvgIpc) is 2.82. The van der Waals surface area contributed by atoms with Gasteiger partial charge in [0.25, 0.3) is 0 Å². The Morgan fingerprint density at radius 3 is 2.81 bits per heavy atom. The summed E-state index contributed by atoms with van der Waals surface area (Å²) in [6, 6.07) is 9.11. The lowest BCUT2D eigenvalue weighted by molar-refractivity contribution is 0.850. The molecule has 3 rings (SSSR count). The Labute approximate surface area is 125 Å². The molecule has 1 unspecified atom stereocenters. The van der Waals surface area contributed by atoms with Gasteiger partial charge in [-0.3, -0.25) is 0 Å². The molecular weight excluding hydrogens is 288 g/mol. The number of rotatable bonds is 3. The van der Waals surface area contributed by atoms with Crippen molar-refractivity contribution in [2.24, 2.45) is 12.2 Å². The van der Waals surface area contributed by atoms with Gasteiger partial charge < -0.3 is 4.57 Å². The van der Waals surface area contributed by atoms with E-state index in [2.05, 4.69) is 20.0 Å². The molecule has 0 saturated heterocycles. The van der Waals surface area contributed by atoms with Crippen molar-refractivity contribution in [3.63, 3.8) is 0 Å². The van der Waals surface area contributed by atoms with Crippen molar-refractivity contribution in [1.29, 1.82) is 0 Å². The first-order valence-electron chi connectivity index (χ1n) is 6.27. The summed E-state index contributed by atoms with van der Waals surface area (Å²) in [6.07, 6.45) is 3.55. The highest BCUT2D eigenvalue weighted by Gasteiger charge is 2.19. The standard InChI is InChI=1S/C14H11ClN6/c1-21-8-10(13-11(21)7-17-14(15)18-13)12(19-20-16)9-5-3-2-4-6-9/h2-8,12H,1H3. The van der Waals surface area contributed by atoms with Gasteiger partial charge in [0.1, 0.15) is 0 Å². The molecular formula is C14H11ClN6. The number of nitrogens with zero attached hydrogens (tertiary/aromatic N) is 6. The van der Waals surface area contributed by atoms with Gasteiger partial charge in [0.2, 0.25) is 5.28 Å². The first-order valence-corrected chi connectivity index (χ1v) is 6.65. The Balaban J connectivity index is 2.25. The summed E-state index contributed by atoms with van der Waals surface area (Å²) in [5, 5.41) is 4.09. The second-order valence-corrected chi connectivity index (χ2v) is 4.92. The average molecular weight is 299 g/mol. The van der Waals surface area contributed by atoms with Crippen LogP contribution in [-0.4, -0.2) is 14.5 Å². The van der Waals surface area contributed by atoms with E-state index in [0.29, 0.717) is 5.52 Å². The Kier molecular flexibility index (Phi) is 3.48. The van der Waals surface area contributed by atoms with Crippen LogP contribution in [0.2, 0.25) is 5.28 Å². The van der Waals surface area contributed by atoms with Gasteiger partial charge in [-0.15, -0.1) is 0 Å². The van der Waals surface area contributed by atoms with Gasteiger partial charge in [-0.2, -0.15) is 0 Å². The molecule has 6 nitrogen and oxygen atoms in total. The fourth-order valence-electron chi connectivity index (χ4n) is 2.36. The normalized spacial score (nSPS) is 12.1. The third-order valence-corrected chi connectivity index (χ3v) is 3.49. The van der Waals surface area contributed by atoms with Gasteiger partial charge in [0.15, 0.2) is 0 Å². The molecule has 2 aromatic heterocycles. The maximum absolute atomic E-state index is 8.89. The highest BCUT2D eigenvalue weighted by atomic mass is 35.5. The maximum atomic E-state index is 8.89. The van der Waals surface area contributed by atoms with Crippen LogP contribution in [0, 0.1) is 0 Å². The van der Waals surface area contributed by atoms with Gasteiger partial charge in [0.05, 0.1) is 23.3 Å². The smallest absolute Gasteiger partial charge is 0.223 e. The Morgan fingerprint density at radius 1 is 1.33 bits per heavy atom. The van der Waals surface area contributed by atoms with Gasteiger partial charge >= 0.3 is 0 Å². The molecule has 1 atom stereocenters. The van der Waals surface area contributed by atoms with Crippen molar-refractivity contribution in [1.82, 2.24) is 14.5 Å². The highest BCUT2D eigenvalue weighted by Crippen LogP contribution is 2.32. The lowest BCUT2D eigenvalue weighted by Gasteiger charge is -2.10. The summed E-state index contributed by atoms with van der Waals surface area (Å²) in [5.41, 5.74) is 12.1. The Bertz CT molecular complexity index is 835. The first kappa shape index (κ1) is 13.4. The van der Waals surface area contributed by atoms with E-state index < -0.39 is 6.04 Å². The zero-order valence-corrected chi connectivity index (χ0v) is 11.9. The number of aryl methyl sites for hydroxylation is 1. The number of hydrogen-bond donors (Lipinski definition) is 0. The molecule has 2 heterocycles. The third kappa shape index (κ3) is 2.42. The van der Waals surface area contributed by atoms with Gasteiger partial charge in [-0.25, -0.2) is 9.97 Å². The molecule has 0 bridgehead atoms. The molecule has 0 spiro atoms. The first-order chi connectivity index (χ1) is 10.2. The zero-order valence-electron chi connectivity index (χ0n) is 11.2. The van der Waals surface area contributed by atoms with Crippen LogP contribution < -0.4 is 0 Å². The molecule has 3 aromatic rings. The van der Waals surface area contributed by atoms with Crippen LogP contribution in [-0.2, 0) is 7.05 Å². The Hall–Kier alpha value is -2.56. The summed E-state index contributed by atoms with van der Waals surface area (Å²) in [7, 11) is 1.89. The lowest BCUT2D eigenvalue weighted by atomic mass is 10.0. The van der Waals surface area contributed by atoms with Gasteiger partial charge in [-0.05, 0) is 22.7 Å². The summed E-state index contributed by atoms with van der Waals surface area (Å²) >= 11 is 5.89. The van der Waals surface area contributed by atoms with Crippen molar-refractivity contribution < 1.29 is 0 Å². The number of aromatic nitrogens is 3. The van der Waals surface area contributed by atoms with E-state index in [-0.39, 0.29) is 5.28 Å². The van der Waals surface area contributed by atoms with E-state index in [9.17, 15) is 0 Å². The van der Waals surface area contributed by atoms with E-state index in [1.165, 1.54) is 0 Å². The second kappa shape index (κ2) is 5.44. The summed E-state index contributed by atoms with van der Waals surface area (Å²) < 4.78 is 1.89. The topological polar surface area (TPSA) is 79.5 Å². The predicted octanol–water partition coefficient (Wildman–Crippen LogP) is 4.02. The number of fused-ring (bicyclic) bond motifs is 1. The van der Waals surface area contributed by atoms with Crippen molar-refractivity contribution in [3.8, 4) is 0 Å². The molecule has 0 aliphatic carbocycles. The minimum Gasteiger partial charge on any atom is -0.348 e. The van der Waals surface area contributed by atoms with Crippen LogP contribution in [0.5, 0.6) is 0 Å². The second-order valence-electron chi connectivity index (χ2n) is 4.59. The van der Waals surface area contributed by atoms with Crippen LogP contribution in [0.25, 0.3) is 21.5 Å². The predicted molar refractivity (Wildman–Crippen MR) is 81.0 cm³/mol. The van der Waals surface area contributed by atoms with E-state index in [1.807, 2.05) is 48.1 Å². The molecule has 0 aliphatic heterocycles. The Morgan fingerprint density at radius 2 is 2.10 bits per heavy atom. The molecule has 0 saturated carbocycles. The molecule has 0 amide bonds. The molecule has 7 heteroatoms. The number of halogens is 1. The highest BCUT2D eigenvalue weighted by molar-refractivity contribution is 6.28. The van der Waals surface area contributed by atoms with E-state index in [0.717, 1.165) is 16.6 Å². The molecule has 0 fully saturated rings. The third-order valence-electron chi connectivity index (χ3n) is 3.30. The van der Waals surface area contributed by atoms with Crippen molar-refractivity contribution >= 4 is 22.6 Å². The monoisotopic (exact) mass is 298 g/mol. The minimum atomic E-state index is -0.453. The van der Waals surface area contributed by atoms with E-state index in [1.54, 1.807) is 6.20 Å². The van der Waals surface area contributed by atoms with Crippen LogP contribution >= 0.6 is 11.6 Å². The van der Waals surface area contributed by atoms with Crippen molar-refractivity contribution in [2.75, 3.05) is 0 Å². The van der Waals surface area contributed by atoms with Crippen molar-refractivity contribution in [3.05, 3.63) is 69.6 Å². The maximum Gasteiger partial charge on any atom is 0.223 e. The van der Waals surface area contributed by atoms with Crippen LogP contribution in [0.3, 0.4) is 0 Å². The lowest BCUT2D eigenvalue weighted by Crippen LogP contribution is -1.97. The number of azide groups is 1. The largest absolute Gasteiger partial charge is 0.348 e. The summed E-state index contributed by atoms with van der Waals surface area (Å²) in [6.45, 7) is 0. The molecule has 0 radical (unpaired) electrons. The SMILES string of the molecule is Cn1cc(C(N=[N+]=[N-])c2ccccc2)c2nc(Cl)ncc21. The minimum absolute atomic E-state index is 0.169. The summed E-state index contributed by atoms with van der Waals surface area (Å²) in [4.78, 5) is 11.2. The molecule has 1 aromatic carbocycles. The molecule has 21 heavy (non-hydrogen) atoms. The van der Waals surface area contributed by atoms with Gasteiger partial charge in [0, 0.05) is 23.7 Å². The van der Waals surface area contributed by atoms with Crippen molar-refractivity contribution in [2.45, 2.75) is 6.04 Å². The fourth-order valence-corrected chi connectivity index (χ4v) is 2.49. The molecule has 0 aliphatic rings. The quantitative estimate of drug-likeness (QED) is 0.317. The van der Waals surface area contributed by atoms with Crippen LogP contribution in [0.1, 0.15) is 17.2 Å². The number of hydrogen-bond acceptors (Lipinski definition) is 3. The fraction of sp³-hybridized carbons (Fsp3) is 0.143. The van der Waals surface area contributed by atoms with Crippen LogP contribution in [0.15, 0.2) is 47.8 Å². The number of benzene rings is 1. The molecule has 104 valence electrons. The van der Waals surface area contributed by atoms with E-state index in [4.69, 9.17) is 17.1 Å². The zero-order chi connectivity index (χ0) is 14.8. The molecule has 0 N–H and O–H groups in total. The van der Waals surface area contributed by atoms with Gasteiger partial charge in [-0.1, -0.05) is 35.4 Å². The summed E-state index contributed by atoms with van der Waals surface area (Å²) in [5.74, 6) is 0. The van der Waals surface area contributed by atoms with Crippen LogP contribution in [0.4, 0.5) is 0 Å². The van der Waals surface area contributed by atoms with E-state index >= 15 is 0 Å².